The molecule has 0 spiro atoms. The molecule has 1 aliphatic carbocycles. The summed E-state index contributed by atoms with van der Waals surface area (Å²) in [5.41, 5.74) is 2.11. The fourth-order valence-electron chi connectivity index (χ4n) is 2.84. The summed E-state index contributed by atoms with van der Waals surface area (Å²) in [6, 6.07) is 0. The highest BCUT2D eigenvalue weighted by molar-refractivity contribution is 5.03. The normalized spacial score (nSPS) is 24.9. The second-order valence-electron chi connectivity index (χ2n) is 6.52. The molecule has 0 amide bonds. The van der Waals surface area contributed by atoms with Crippen LogP contribution in [0.3, 0.4) is 0 Å². The highest BCUT2D eigenvalue weighted by atomic mass is 14.3. The van der Waals surface area contributed by atoms with E-state index in [-0.39, 0.29) is 0 Å². The fourth-order valence-corrected chi connectivity index (χ4v) is 2.84. The summed E-state index contributed by atoms with van der Waals surface area (Å²) < 4.78 is 0. The summed E-state index contributed by atoms with van der Waals surface area (Å²) in [7, 11) is 0. The summed E-state index contributed by atoms with van der Waals surface area (Å²) >= 11 is 0. The van der Waals surface area contributed by atoms with Crippen molar-refractivity contribution < 1.29 is 0 Å². The highest BCUT2D eigenvalue weighted by Crippen LogP contribution is 2.37. The predicted molar refractivity (Wildman–Crippen MR) is 69.0 cm³/mol. The van der Waals surface area contributed by atoms with E-state index in [1.165, 1.54) is 32.1 Å². The SMILES string of the molecule is CCC(CC(C)(C)C)C1CC=C(C)CC1. The van der Waals surface area contributed by atoms with Crippen LogP contribution in [0.1, 0.15) is 66.7 Å². The van der Waals surface area contributed by atoms with Gasteiger partial charge in [0.25, 0.3) is 0 Å². The van der Waals surface area contributed by atoms with Crippen molar-refractivity contribution >= 4 is 0 Å². The number of allylic oxidation sites excluding steroid dienone is 2. The van der Waals surface area contributed by atoms with Gasteiger partial charge in [-0.3, -0.25) is 0 Å². The minimum Gasteiger partial charge on any atom is -0.0853 e. The lowest BCUT2D eigenvalue weighted by molar-refractivity contribution is 0.204. The van der Waals surface area contributed by atoms with Crippen molar-refractivity contribution in [2.45, 2.75) is 66.7 Å². The minimum atomic E-state index is 0.497. The monoisotopic (exact) mass is 208 g/mol. The smallest absolute Gasteiger partial charge is 0.0317 e. The molecule has 0 N–H and O–H groups in total. The van der Waals surface area contributed by atoms with E-state index >= 15 is 0 Å². The van der Waals surface area contributed by atoms with Gasteiger partial charge in [0, 0.05) is 0 Å². The van der Waals surface area contributed by atoms with Gasteiger partial charge in [0.1, 0.15) is 0 Å². The third-order valence-electron chi connectivity index (χ3n) is 3.74. The molecule has 1 rings (SSSR count). The molecule has 0 heterocycles. The van der Waals surface area contributed by atoms with Crippen molar-refractivity contribution in [2.75, 3.05) is 0 Å². The molecule has 0 aromatic carbocycles. The first-order chi connectivity index (χ1) is 6.92. The Hall–Kier alpha value is -0.260. The first-order valence-corrected chi connectivity index (χ1v) is 6.58. The number of hydrogen-bond donors (Lipinski definition) is 0. The third kappa shape index (κ3) is 4.40. The standard InChI is InChI=1S/C15H28/c1-6-13(11-15(3,4)5)14-9-7-12(2)8-10-14/h7,13-14H,6,8-11H2,1-5H3. The molecule has 0 bridgehead atoms. The van der Waals surface area contributed by atoms with Gasteiger partial charge in [0.05, 0.1) is 0 Å². The Balaban J connectivity index is 2.52. The lowest BCUT2D eigenvalue weighted by atomic mass is 9.73. The molecule has 0 fully saturated rings. The lowest BCUT2D eigenvalue weighted by Crippen LogP contribution is -2.22. The minimum absolute atomic E-state index is 0.497. The Bertz CT molecular complexity index is 217. The van der Waals surface area contributed by atoms with Gasteiger partial charge in [-0.15, -0.1) is 0 Å². The Morgan fingerprint density at radius 3 is 2.47 bits per heavy atom. The average Bonchev–Trinajstić information content (AvgIpc) is 2.14. The van der Waals surface area contributed by atoms with Crippen molar-refractivity contribution in [3.05, 3.63) is 11.6 Å². The molecule has 0 aromatic rings. The maximum absolute atomic E-state index is 2.47. The summed E-state index contributed by atoms with van der Waals surface area (Å²) in [4.78, 5) is 0. The van der Waals surface area contributed by atoms with E-state index in [1.54, 1.807) is 5.57 Å². The fraction of sp³-hybridized carbons (Fsp3) is 0.867. The Morgan fingerprint density at radius 2 is 2.07 bits per heavy atom. The maximum Gasteiger partial charge on any atom is -0.0317 e. The molecule has 0 aliphatic heterocycles. The van der Waals surface area contributed by atoms with Crippen LogP contribution in [-0.4, -0.2) is 0 Å². The molecule has 0 saturated carbocycles. The summed E-state index contributed by atoms with van der Waals surface area (Å²) in [6.07, 6.45) is 9.32. The van der Waals surface area contributed by atoms with Gasteiger partial charge in [0.15, 0.2) is 0 Å². The molecule has 0 radical (unpaired) electrons. The molecular weight excluding hydrogens is 180 g/mol. The van der Waals surface area contributed by atoms with Crippen molar-refractivity contribution in [2.24, 2.45) is 17.3 Å². The van der Waals surface area contributed by atoms with E-state index in [9.17, 15) is 0 Å². The maximum atomic E-state index is 2.47. The first-order valence-electron chi connectivity index (χ1n) is 6.58. The molecule has 0 aromatic heterocycles. The van der Waals surface area contributed by atoms with E-state index in [2.05, 4.69) is 40.7 Å². The van der Waals surface area contributed by atoms with E-state index in [4.69, 9.17) is 0 Å². The largest absolute Gasteiger partial charge is 0.0853 e. The molecule has 0 saturated heterocycles. The first kappa shape index (κ1) is 12.8. The zero-order valence-electron chi connectivity index (χ0n) is 11.3. The van der Waals surface area contributed by atoms with Crippen LogP contribution in [0.2, 0.25) is 0 Å². The van der Waals surface area contributed by atoms with Crippen molar-refractivity contribution in [1.29, 1.82) is 0 Å². The van der Waals surface area contributed by atoms with Crippen molar-refractivity contribution in [3.8, 4) is 0 Å². The number of rotatable bonds is 3. The van der Waals surface area contributed by atoms with Crippen LogP contribution in [-0.2, 0) is 0 Å². The molecular formula is C15H28. The van der Waals surface area contributed by atoms with Crippen LogP contribution in [0.4, 0.5) is 0 Å². The molecule has 2 unspecified atom stereocenters. The molecule has 1 aliphatic rings. The molecule has 15 heavy (non-hydrogen) atoms. The van der Waals surface area contributed by atoms with Gasteiger partial charge < -0.3 is 0 Å². The Labute approximate surface area is 96.2 Å². The molecule has 88 valence electrons. The molecule has 0 heteroatoms. The summed E-state index contributed by atoms with van der Waals surface area (Å²) in [6.45, 7) is 11.8. The summed E-state index contributed by atoms with van der Waals surface area (Å²) in [5, 5.41) is 0. The van der Waals surface area contributed by atoms with Crippen LogP contribution in [0.5, 0.6) is 0 Å². The van der Waals surface area contributed by atoms with Crippen molar-refractivity contribution in [3.63, 3.8) is 0 Å². The van der Waals surface area contributed by atoms with E-state index < -0.39 is 0 Å². The van der Waals surface area contributed by atoms with Gasteiger partial charge in [-0.2, -0.15) is 0 Å². The van der Waals surface area contributed by atoms with Gasteiger partial charge in [-0.05, 0) is 49.9 Å². The Kier molecular flexibility index (Phi) is 4.43. The van der Waals surface area contributed by atoms with Crippen LogP contribution >= 0.6 is 0 Å². The zero-order valence-corrected chi connectivity index (χ0v) is 11.3. The van der Waals surface area contributed by atoms with Crippen LogP contribution in [0.15, 0.2) is 11.6 Å². The summed E-state index contributed by atoms with van der Waals surface area (Å²) in [5.74, 6) is 1.90. The second kappa shape index (κ2) is 5.18. The quantitative estimate of drug-likeness (QED) is 0.559. The topological polar surface area (TPSA) is 0 Å². The van der Waals surface area contributed by atoms with Gasteiger partial charge >= 0.3 is 0 Å². The molecule has 0 nitrogen and oxygen atoms in total. The number of hydrogen-bond acceptors (Lipinski definition) is 0. The van der Waals surface area contributed by atoms with Crippen molar-refractivity contribution in [1.82, 2.24) is 0 Å². The zero-order chi connectivity index (χ0) is 11.5. The Morgan fingerprint density at radius 1 is 1.40 bits per heavy atom. The second-order valence-corrected chi connectivity index (χ2v) is 6.52. The van der Waals surface area contributed by atoms with Crippen LogP contribution in [0, 0.1) is 17.3 Å². The highest BCUT2D eigenvalue weighted by Gasteiger charge is 2.25. The lowest BCUT2D eigenvalue weighted by Gasteiger charge is -2.33. The van der Waals surface area contributed by atoms with Crippen LogP contribution < -0.4 is 0 Å². The van der Waals surface area contributed by atoms with Gasteiger partial charge in [-0.1, -0.05) is 45.8 Å². The van der Waals surface area contributed by atoms with E-state index in [0.717, 1.165) is 11.8 Å². The third-order valence-corrected chi connectivity index (χ3v) is 3.74. The predicted octanol–water partition coefficient (Wildman–Crippen LogP) is 5.20. The van der Waals surface area contributed by atoms with Gasteiger partial charge in [0.2, 0.25) is 0 Å². The van der Waals surface area contributed by atoms with E-state index in [0.29, 0.717) is 5.41 Å². The van der Waals surface area contributed by atoms with E-state index in [1.807, 2.05) is 0 Å². The molecule has 2 atom stereocenters. The van der Waals surface area contributed by atoms with Crippen LogP contribution in [0.25, 0.3) is 0 Å². The average molecular weight is 208 g/mol. The van der Waals surface area contributed by atoms with Gasteiger partial charge in [-0.25, -0.2) is 0 Å².